The molecule has 0 atom stereocenters. The van der Waals surface area contributed by atoms with E-state index >= 15 is 0 Å². The predicted molar refractivity (Wildman–Crippen MR) is 82.7 cm³/mol. The van der Waals surface area contributed by atoms with E-state index in [1.54, 1.807) is 41.0 Å². The van der Waals surface area contributed by atoms with Crippen LogP contribution in [-0.4, -0.2) is 29.5 Å². The minimum Gasteiger partial charge on any atom is -0.439 e. The van der Waals surface area contributed by atoms with Crippen molar-refractivity contribution in [2.24, 2.45) is 0 Å². The average Bonchev–Trinajstić information content (AvgIpc) is 3.03. The summed E-state index contributed by atoms with van der Waals surface area (Å²) >= 11 is 0. The van der Waals surface area contributed by atoms with Crippen LogP contribution in [0.15, 0.2) is 55.2 Å². The topological polar surface area (TPSA) is 104 Å². The van der Waals surface area contributed by atoms with Gasteiger partial charge >= 0.3 is 0 Å². The van der Waals surface area contributed by atoms with Crippen molar-refractivity contribution >= 4 is 11.5 Å². The molecule has 1 aromatic carbocycles. The van der Waals surface area contributed by atoms with Gasteiger partial charge in [-0.25, -0.2) is 15.0 Å². The molecule has 0 fully saturated rings. The van der Waals surface area contributed by atoms with Crippen molar-refractivity contribution in [1.82, 2.24) is 29.5 Å². The number of aromatic nitrogens is 6. The largest absolute Gasteiger partial charge is 0.439 e. The molecule has 0 saturated heterocycles. The summed E-state index contributed by atoms with van der Waals surface area (Å²) in [6.07, 6.45) is 4.53. The zero-order chi connectivity index (χ0) is 15.6. The molecule has 4 rings (SSSR count). The van der Waals surface area contributed by atoms with Crippen molar-refractivity contribution in [2.75, 3.05) is 5.73 Å². The van der Waals surface area contributed by atoms with Gasteiger partial charge in [0.05, 0.1) is 11.4 Å². The van der Waals surface area contributed by atoms with Crippen LogP contribution in [0.1, 0.15) is 0 Å². The van der Waals surface area contributed by atoms with Gasteiger partial charge in [-0.05, 0) is 18.2 Å². The Hall–Kier alpha value is -3.55. The van der Waals surface area contributed by atoms with E-state index in [2.05, 4.69) is 25.0 Å². The molecule has 3 heterocycles. The first kappa shape index (κ1) is 13.1. The molecule has 112 valence electrons. The van der Waals surface area contributed by atoms with Crippen molar-refractivity contribution in [3.63, 3.8) is 0 Å². The van der Waals surface area contributed by atoms with E-state index in [1.165, 1.54) is 12.7 Å². The highest BCUT2D eigenvalue weighted by atomic mass is 16.5. The quantitative estimate of drug-likeness (QED) is 0.577. The molecular weight excluding hydrogens is 294 g/mol. The summed E-state index contributed by atoms with van der Waals surface area (Å²) in [5.74, 6) is 1.51. The van der Waals surface area contributed by atoms with Crippen molar-refractivity contribution in [1.29, 1.82) is 0 Å². The number of anilines is 1. The highest BCUT2D eigenvalue weighted by Crippen LogP contribution is 2.24. The molecule has 0 aliphatic heterocycles. The van der Waals surface area contributed by atoms with Gasteiger partial charge in [0.15, 0.2) is 0 Å². The van der Waals surface area contributed by atoms with Crippen molar-refractivity contribution in [3.8, 4) is 23.0 Å². The molecule has 8 heteroatoms. The molecule has 3 aromatic heterocycles. The maximum atomic E-state index is 5.75. The zero-order valence-electron chi connectivity index (χ0n) is 11.9. The molecule has 0 amide bonds. The molecule has 0 aliphatic rings. The number of nitrogen functional groups attached to an aromatic ring is 1. The van der Waals surface area contributed by atoms with E-state index in [0.29, 0.717) is 28.8 Å². The van der Waals surface area contributed by atoms with Crippen molar-refractivity contribution in [2.45, 2.75) is 0 Å². The van der Waals surface area contributed by atoms with Crippen LogP contribution in [0.25, 0.3) is 17.2 Å². The first-order valence-electron chi connectivity index (χ1n) is 6.80. The van der Waals surface area contributed by atoms with Gasteiger partial charge in [-0.3, -0.25) is 0 Å². The Morgan fingerprint density at radius 2 is 1.91 bits per heavy atom. The predicted octanol–water partition coefficient (Wildman–Crippen LogP) is 1.96. The highest BCUT2D eigenvalue weighted by molar-refractivity contribution is 5.57. The second kappa shape index (κ2) is 5.34. The van der Waals surface area contributed by atoms with Gasteiger partial charge in [0, 0.05) is 24.0 Å². The third-order valence-corrected chi connectivity index (χ3v) is 3.17. The van der Waals surface area contributed by atoms with E-state index in [9.17, 15) is 0 Å². The molecule has 0 aliphatic carbocycles. The molecule has 0 unspecified atom stereocenters. The molecule has 0 saturated carbocycles. The molecule has 0 radical (unpaired) electrons. The fraction of sp³-hybridized carbons (Fsp3) is 0. The molecule has 4 aromatic rings. The minimum atomic E-state index is 0.408. The molecule has 0 bridgehead atoms. The maximum absolute atomic E-state index is 5.75. The Kier molecular flexibility index (Phi) is 3.05. The number of nitrogens with two attached hydrogens (primary N) is 1. The van der Waals surface area contributed by atoms with Crippen LogP contribution in [0, 0.1) is 0 Å². The smallest absolute Gasteiger partial charge is 0.252 e. The van der Waals surface area contributed by atoms with E-state index in [0.717, 1.165) is 5.69 Å². The lowest BCUT2D eigenvalue weighted by Gasteiger charge is -2.07. The summed E-state index contributed by atoms with van der Waals surface area (Å²) in [5.41, 5.74) is 7.76. The van der Waals surface area contributed by atoms with Crippen molar-refractivity contribution < 1.29 is 4.74 Å². The average molecular weight is 305 g/mol. The van der Waals surface area contributed by atoms with E-state index in [-0.39, 0.29) is 0 Å². The van der Waals surface area contributed by atoms with Crippen LogP contribution in [0.4, 0.5) is 5.69 Å². The lowest BCUT2D eigenvalue weighted by Crippen LogP contribution is -1.98. The van der Waals surface area contributed by atoms with Crippen LogP contribution >= 0.6 is 0 Å². The Balaban J connectivity index is 1.73. The van der Waals surface area contributed by atoms with E-state index < -0.39 is 0 Å². The van der Waals surface area contributed by atoms with Crippen LogP contribution in [0.5, 0.6) is 11.6 Å². The van der Waals surface area contributed by atoms with Gasteiger partial charge in [-0.1, -0.05) is 6.07 Å². The highest BCUT2D eigenvalue weighted by Gasteiger charge is 2.09. The monoisotopic (exact) mass is 305 g/mol. The molecular formula is C15H11N7O. The fourth-order valence-corrected chi connectivity index (χ4v) is 2.17. The number of hydrogen-bond donors (Lipinski definition) is 1. The number of rotatable bonds is 3. The fourth-order valence-electron chi connectivity index (χ4n) is 2.17. The maximum Gasteiger partial charge on any atom is 0.252 e. The first-order valence-corrected chi connectivity index (χ1v) is 6.80. The second-order valence-electron chi connectivity index (χ2n) is 4.72. The van der Waals surface area contributed by atoms with Crippen molar-refractivity contribution in [3.05, 3.63) is 55.2 Å². The standard InChI is InChI=1S/C15H11N7O/c16-10-2-1-3-11(6-10)23-14-7-12(18-8-19-14)13-4-5-17-15-20-9-21-22(13)15/h1-9H,16H2. The SMILES string of the molecule is Nc1cccc(Oc2cc(-c3ccnc4ncnn34)ncn2)c1. The number of hydrogen-bond acceptors (Lipinski definition) is 7. The lowest BCUT2D eigenvalue weighted by molar-refractivity contribution is 0.462. The lowest BCUT2D eigenvalue weighted by atomic mass is 10.3. The van der Waals surface area contributed by atoms with Crippen LogP contribution < -0.4 is 10.5 Å². The Bertz CT molecular complexity index is 982. The van der Waals surface area contributed by atoms with Gasteiger partial charge in [0.2, 0.25) is 5.88 Å². The molecule has 23 heavy (non-hydrogen) atoms. The van der Waals surface area contributed by atoms with Gasteiger partial charge in [0.1, 0.15) is 18.4 Å². The molecule has 2 N–H and O–H groups in total. The molecule has 8 nitrogen and oxygen atoms in total. The first-order chi connectivity index (χ1) is 11.3. The number of nitrogens with zero attached hydrogens (tertiary/aromatic N) is 6. The normalized spacial score (nSPS) is 10.8. The van der Waals surface area contributed by atoms with E-state index in [1.807, 2.05) is 6.07 Å². The van der Waals surface area contributed by atoms with Gasteiger partial charge in [-0.15, -0.1) is 0 Å². The second-order valence-corrected chi connectivity index (χ2v) is 4.72. The van der Waals surface area contributed by atoms with Gasteiger partial charge < -0.3 is 10.5 Å². The molecule has 0 spiro atoms. The van der Waals surface area contributed by atoms with Crippen LogP contribution in [-0.2, 0) is 0 Å². The summed E-state index contributed by atoms with van der Waals surface area (Å²) in [5, 5.41) is 4.15. The summed E-state index contributed by atoms with van der Waals surface area (Å²) in [7, 11) is 0. The third-order valence-electron chi connectivity index (χ3n) is 3.17. The third kappa shape index (κ3) is 2.53. The zero-order valence-corrected chi connectivity index (χ0v) is 11.9. The Labute approximate surface area is 130 Å². The number of ether oxygens (including phenoxy) is 1. The summed E-state index contributed by atoms with van der Waals surface area (Å²) in [6, 6.07) is 10.7. The summed E-state index contributed by atoms with van der Waals surface area (Å²) < 4.78 is 7.33. The van der Waals surface area contributed by atoms with E-state index in [4.69, 9.17) is 10.5 Å². The Morgan fingerprint density at radius 1 is 0.957 bits per heavy atom. The Morgan fingerprint density at radius 3 is 2.83 bits per heavy atom. The summed E-state index contributed by atoms with van der Waals surface area (Å²) in [6.45, 7) is 0. The van der Waals surface area contributed by atoms with Crippen LogP contribution in [0.2, 0.25) is 0 Å². The number of benzene rings is 1. The van der Waals surface area contributed by atoms with Gasteiger partial charge in [-0.2, -0.15) is 14.6 Å². The minimum absolute atomic E-state index is 0.408. The van der Waals surface area contributed by atoms with Gasteiger partial charge in [0.25, 0.3) is 5.78 Å². The number of fused-ring (bicyclic) bond motifs is 1. The summed E-state index contributed by atoms with van der Waals surface area (Å²) in [4.78, 5) is 16.6. The van der Waals surface area contributed by atoms with Crippen LogP contribution in [0.3, 0.4) is 0 Å².